The highest BCUT2D eigenvalue weighted by molar-refractivity contribution is 5.90. The van der Waals surface area contributed by atoms with Gasteiger partial charge in [-0.05, 0) is 52.6 Å². The molecule has 4 rings (SSSR count). The lowest BCUT2D eigenvalue weighted by Crippen LogP contribution is -2.18. The van der Waals surface area contributed by atoms with Crippen LogP contribution in [0.4, 0.5) is 0 Å². The molecule has 5 nitrogen and oxygen atoms in total. The molecule has 5 heteroatoms. The average molecular weight is 462 g/mol. The van der Waals surface area contributed by atoms with Crippen molar-refractivity contribution in [3.05, 3.63) is 114 Å². The second kappa shape index (κ2) is 11.4. The van der Waals surface area contributed by atoms with Gasteiger partial charge in [0.05, 0.1) is 18.8 Å². The average Bonchev–Trinajstić information content (AvgIpc) is 2.92. The summed E-state index contributed by atoms with van der Waals surface area (Å²) < 4.78 is 16.4. The molecule has 0 aliphatic carbocycles. The van der Waals surface area contributed by atoms with Crippen LogP contribution < -0.4 is 14.2 Å². The van der Waals surface area contributed by atoms with E-state index in [4.69, 9.17) is 14.2 Å². The second-order valence-electron chi connectivity index (χ2n) is 7.60. The molecule has 0 fully saturated rings. The molecule has 0 aromatic heterocycles. The molecule has 0 saturated carbocycles. The van der Waals surface area contributed by atoms with Gasteiger partial charge in [0.15, 0.2) is 18.1 Å². The maximum atomic E-state index is 12.4. The van der Waals surface area contributed by atoms with Crippen LogP contribution in [0.3, 0.4) is 0 Å². The van der Waals surface area contributed by atoms with Gasteiger partial charge in [0, 0.05) is 0 Å². The number of allylic oxidation sites excluding steroid dienone is 1. The number of rotatable bonds is 8. The minimum Gasteiger partial charge on any atom is -0.493 e. The van der Waals surface area contributed by atoms with Gasteiger partial charge in [-0.15, -0.1) is 0 Å². The fraction of sp³-hybridized carbons (Fsp3) is 0.0667. The first kappa shape index (κ1) is 23.3. The number of nitriles is 1. The van der Waals surface area contributed by atoms with Crippen LogP contribution >= 0.6 is 0 Å². The first-order chi connectivity index (χ1) is 17.2. The highest BCUT2D eigenvalue weighted by atomic mass is 16.6. The van der Waals surface area contributed by atoms with Crippen LogP contribution in [0, 0.1) is 11.3 Å². The summed E-state index contributed by atoms with van der Waals surface area (Å²) in [5.74, 6) is 0.667. The van der Waals surface area contributed by atoms with Crippen LogP contribution in [-0.4, -0.2) is 19.7 Å². The Kier molecular flexibility index (Phi) is 7.57. The van der Waals surface area contributed by atoms with Crippen LogP contribution in [-0.2, 0) is 4.79 Å². The standard InChI is InChI=1S/C30H23NO4/c1-33-29-19-22(18-26(20-31)24-10-6-3-7-11-24)12-17-28(29)35-30(32)21-34-27-15-13-25(14-16-27)23-8-4-2-5-9-23/h2-19H,21H2,1H3/b26-18+. The van der Waals surface area contributed by atoms with Gasteiger partial charge in [-0.1, -0.05) is 78.9 Å². The summed E-state index contributed by atoms with van der Waals surface area (Å²) in [7, 11) is 1.49. The summed E-state index contributed by atoms with van der Waals surface area (Å²) in [6.07, 6.45) is 1.76. The zero-order chi connectivity index (χ0) is 24.5. The third-order valence-corrected chi connectivity index (χ3v) is 5.25. The number of benzene rings is 4. The number of ether oxygens (including phenoxy) is 3. The summed E-state index contributed by atoms with van der Waals surface area (Å²) in [6, 6.07) is 34.2. The maximum absolute atomic E-state index is 12.4. The fourth-order valence-corrected chi connectivity index (χ4v) is 3.49. The van der Waals surface area contributed by atoms with Crippen molar-refractivity contribution in [1.29, 1.82) is 5.26 Å². The Hall–Kier alpha value is -4.82. The molecule has 0 N–H and O–H groups in total. The van der Waals surface area contributed by atoms with Gasteiger partial charge in [0.1, 0.15) is 5.75 Å². The van der Waals surface area contributed by atoms with Crippen molar-refractivity contribution in [3.63, 3.8) is 0 Å². The minimum atomic E-state index is -0.555. The van der Waals surface area contributed by atoms with Crippen molar-refractivity contribution >= 4 is 17.6 Å². The Bertz CT molecular complexity index is 1360. The van der Waals surface area contributed by atoms with Crippen LogP contribution in [0.5, 0.6) is 17.2 Å². The number of hydrogen-bond donors (Lipinski definition) is 0. The third kappa shape index (κ3) is 6.16. The molecule has 0 spiro atoms. The van der Waals surface area contributed by atoms with E-state index >= 15 is 0 Å². The number of esters is 1. The van der Waals surface area contributed by atoms with Gasteiger partial charge in [-0.25, -0.2) is 4.79 Å². The molecule has 172 valence electrons. The molecular weight excluding hydrogens is 438 g/mol. The molecule has 0 aliphatic heterocycles. The highest BCUT2D eigenvalue weighted by Gasteiger charge is 2.12. The summed E-state index contributed by atoms with van der Waals surface area (Å²) in [5, 5.41) is 9.53. The van der Waals surface area contributed by atoms with E-state index in [0.29, 0.717) is 17.1 Å². The SMILES string of the molecule is COc1cc(/C=C(\C#N)c2ccccc2)ccc1OC(=O)COc1ccc(-c2ccccc2)cc1. The van der Waals surface area contributed by atoms with Crippen LogP contribution in [0.25, 0.3) is 22.8 Å². The number of carbonyl (C=O) groups is 1. The third-order valence-electron chi connectivity index (χ3n) is 5.25. The lowest BCUT2D eigenvalue weighted by molar-refractivity contribution is -0.136. The van der Waals surface area contributed by atoms with Crippen LogP contribution in [0.2, 0.25) is 0 Å². The maximum Gasteiger partial charge on any atom is 0.349 e. The molecule has 0 aliphatic rings. The van der Waals surface area contributed by atoms with Crippen molar-refractivity contribution < 1.29 is 19.0 Å². The molecule has 0 heterocycles. The summed E-state index contributed by atoms with van der Waals surface area (Å²) >= 11 is 0. The van der Waals surface area contributed by atoms with Gasteiger partial charge in [0.2, 0.25) is 0 Å². The van der Waals surface area contributed by atoms with Crippen LogP contribution in [0.15, 0.2) is 103 Å². The molecular formula is C30H23NO4. The monoisotopic (exact) mass is 461 g/mol. The normalized spacial score (nSPS) is 10.8. The molecule has 0 atom stereocenters. The second-order valence-corrected chi connectivity index (χ2v) is 7.60. The molecule has 0 unspecified atom stereocenters. The summed E-state index contributed by atoms with van der Waals surface area (Å²) in [4.78, 5) is 12.4. The first-order valence-electron chi connectivity index (χ1n) is 11.0. The highest BCUT2D eigenvalue weighted by Crippen LogP contribution is 2.30. The lowest BCUT2D eigenvalue weighted by Gasteiger charge is -2.11. The van der Waals surface area contributed by atoms with Gasteiger partial charge >= 0.3 is 5.97 Å². The van der Waals surface area contributed by atoms with Gasteiger partial charge in [0.25, 0.3) is 0 Å². The molecule has 35 heavy (non-hydrogen) atoms. The molecule has 0 saturated heterocycles. The Morgan fingerprint density at radius 1 is 0.829 bits per heavy atom. The fourth-order valence-electron chi connectivity index (χ4n) is 3.49. The predicted octanol–water partition coefficient (Wildman–Crippen LogP) is 6.41. The topological polar surface area (TPSA) is 68.5 Å². The van der Waals surface area contributed by atoms with Crippen molar-refractivity contribution in [2.24, 2.45) is 0 Å². The largest absolute Gasteiger partial charge is 0.493 e. The number of nitrogens with zero attached hydrogens (tertiary/aromatic N) is 1. The van der Waals surface area contributed by atoms with E-state index in [-0.39, 0.29) is 12.4 Å². The smallest absolute Gasteiger partial charge is 0.349 e. The van der Waals surface area contributed by atoms with E-state index in [9.17, 15) is 10.1 Å². The quantitative estimate of drug-likeness (QED) is 0.131. The molecule has 4 aromatic rings. The van der Waals surface area contributed by atoms with E-state index in [1.54, 1.807) is 24.3 Å². The van der Waals surface area contributed by atoms with E-state index in [2.05, 4.69) is 6.07 Å². The molecule has 0 amide bonds. The van der Waals surface area contributed by atoms with Crippen molar-refractivity contribution in [2.45, 2.75) is 0 Å². The Labute approximate surface area is 204 Å². The van der Waals surface area contributed by atoms with Gasteiger partial charge in [-0.2, -0.15) is 5.26 Å². The number of hydrogen-bond acceptors (Lipinski definition) is 5. The Morgan fingerprint density at radius 2 is 1.49 bits per heavy atom. The van der Waals surface area contributed by atoms with E-state index in [1.165, 1.54) is 7.11 Å². The zero-order valence-electron chi connectivity index (χ0n) is 19.2. The Balaban J connectivity index is 1.39. The summed E-state index contributed by atoms with van der Waals surface area (Å²) in [6.45, 7) is -0.248. The zero-order valence-corrected chi connectivity index (χ0v) is 19.2. The van der Waals surface area contributed by atoms with E-state index in [1.807, 2.05) is 84.9 Å². The first-order valence-corrected chi connectivity index (χ1v) is 11.0. The van der Waals surface area contributed by atoms with Crippen LogP contribution in [0.1, 0.15) is 11.1 Å². The number of carbonyl (C=O) groups excluding carboxylic acids is 1. The van der Waals surface area contributed by atoms with Crippen molar-refractivity contribution in [2.75, 3.05) is 13.7 Å². The molecule has 0 radical (unpaired) electrons. The van der Waals surface area contributed by atoms with Gasteiger partial charge in [-0.3, -0.25) is 0 Å². The van der Waals surface area contributed by atoms with Crippen molar-refractivity contribution in [1.82, 2.24) is 0 Å². The molecule has 0 bridgehead atoms. The van der Waals surface area contributed by atoms with E-state index < -0.39 is 5.97 Å². The number of methoxy groups -OCH3 is 1. The summed E-state index contributed by atoms with van der Waals surface area (Å²) in [5.41, 5.74) is 4.25. The lowest BCUT2D eigenvalue weighted by atomic mass is 10.0. The predicted molar refractivity (Wildman–Crippen MR) is 136 cm³/mol. The minimum absolute atomic E-state index is 0.248. The Morgan fingerprint density at radius 3 is 2.14 bits per heavy atom. The van der Waals surface area contributed by atoms with Crippen molar-refractivity contribution in [3.8, 4) is 34.4 Å². The van der Waals surface area contributed by atoms with Gasteiger partial charge < -0.3 is 14.2 Å². The van der Waals surface area contributed by atoms with E-state index in [0.717, 1.165) is 22.3 Å². The molecule has 4 aromatic carbocycles.